The van der Waals surface area contributed by atoms with Crippen LogP contribution in [0, 0.1) is 27.7 Å². The van der Waals surface area contributed by atoms with Crippen LogP contribution in [0.3, 0.4) is 0 Å². The van der Waals surface area contributed by atoms with Crippen LogP contribution in [0.1, 0.15) is 23.7 Å². The standard InChI is InChI=1S/C13H13ClF2N2O3/c1-7-2-3-17(6-9(7)14)13(19)8-4-10(15)11(16)5-12(8)18(20)21/h4-5,7,9H,2-3,6H2,1H3. The Kier molecular flexibility index (Phi) is 4.41. The van der Waals surface area contributed by atoms with E-state index >= 15 is 0 Å². The molecule has 114 valence electrons. The van der Waals surface area contributed by atoms with E-state index in [9.17, 15) is 23.7 Å². The van der Waals surface area contributed by atoms with Crippen molar-refractivity contribution in [2.24, 2.45) is 5.92 Å². The minimum Gasteiger partial charge on any atom is -0.337 e. The SMILES string of the molecule is CC1CCN(C(=O)c2cc(F)c(F)cc2[N+](=O)[O-])CC1Cl. The number of carbonyl (C=O) groups is 1. The van der Waals surface area contributed by atoms with Gasteiger partial charge in [0.25, 0.3) is 11.6 Å². The number of piperidine rings is 1. The second-order valence-corrected chi connectivity index (χ2v) is 5.63. The number of amides is 1. The number of halogens is 3. The number of nitro groups is 1. The maximum atomic E-state index is 13.3. The third kappa shape index (κ3) is 3.12. The zero-order valence-electron chi connectivity index (χ0n) is 11.2. The summed E-state index contributed by atoms with van der Waals surface area (Å²) in [7, 11) is 0. The van der Waals surface area contributed by atoms with Gasteiger partial charge in [0.15, 0.2) is 11.6 Å². The van der Waals surface area contributed by atoms with E-state index in [0.29, 0.717) is 25.1 Å². The molecule has 21 heavy (non-hydrogen) atoms. The minimum absolute atomic E-state index is 0.218. The molecular formula is C13H13ClF2N2O3. The van der Waals surface area contributed by atoms with E-state index in [4.69, 9.17) is 11.6 Å². The normalized spacial score (nSPS) is 22.2. The lowest BCUT2D eigenvalue weighted by Crippen LogP contribution is -2.44. The molecule has 1 fully saturated rings. The van der Waals surface area contributed by atoms with Crippen LogP contribution in [0.15, 0.2) is 12.1 Å². The van der Waals surface area contributed by atoms with Crippen LogP contribution in [0.2, 0.25) is 0 Å². The van der Waals surface area contributed by atoms with Gasteiger partial charge in [0, 0.05) is 13.1 Å². The summed E-state index contributed by atoms with van der Waals surface area (Å²) < 4.78 is 26.4. The molecular weight excluding hydrogens is 306 g/mol. The molecule has 2 rings (SSSR count). The average molecular weight is 319 g/mol. The fourth-order valence-corrected chi connectivity index (χ4v) is 2.53. The van der Waals surface area contributed by atoms with Crippen LogP contribution in [0.5, 0.6) is 0 Å². The Morgan fingerprint density at radius 3 is 2.62 bits per heavy atom. The first-order chi connectivity index (χ1) is 9.81. The summed E-state index contributed by atoms with van der Waals surface area (Å²) in [5, 5.41) is 10.6. The van der Waals surface area contributed by atoms with Crippen molar-refractivity contribution in [3.05, 3.63) is 39.4 Å². The monoisotopic (exact) mass is 318 g/mol. The summed E-state index contributed by atoms with van der Waals surface area (Å²) in [6.45, 7) is 2.54. The fraction of sp³-hybridized carbons (Fsp3) is 0.462. The molecule has 1 saturated heterocycles. The Bertz CT molecular complexity index is 597. The molecule has 2 unspecified atom stereocenters. The summed E-state index contributed by atoms with van der Waals surface area (Å²) in [5.74, 6) is -3.15. The minimum atomic E-state index is -1.36. The summed E-state index contributed by atoms with van der Waals surface area (Å²) in [6.07, 6.45) is 0.650. The second-order valence-electron chi connectivity index (χ2n) is 5.07. The Labute approximate surface area is 124 Å². The van der Waals surface area contributed by atoms with Crippen molar-refractivity contribution < 1.29 is 18.5 Å². The van der Waals surface area contributed by atoms with Gasteiger partial charge in [0.05, 0.1) is 16.4 Å². The molecule has 0 bridgehead atoms. The van der Waals surface area contributed by atoms with E-state index < -0.39 is 33.7 Å². The largest absolute Gasteiger partial charge is 0.337 e. The molecule has 0 spiro atoms. The van der Waals surface area contributed by atoms with Gasteiger partial charge in [-0.15, -0.1) is 11.6 Å². The zero-order valence-corrected chi connectivity index (χ0v) is 11.9. The first-order valence-corrected chi connectivity index (χ1v) is 6.81. The maximum absolute atomic E-state index is 13.3. The van der Waals surface area contributed by atoms with Crippen LogP contribution in [-0.4, -0.2) is 34.2 Å². The second kappa shape index (κ2) is 5.93. The van der Waals surface area contributed by atoms with E-state index in [2.05, 4.69) is 0 Å². The lowest BCUT2D eigenvalue weighted by Gasteiger charge is -2.33. The molecule has 0 radical (unpaired) electrons. The summed E-state index contributed by atoms with van der Waals surface area (Å²) in [4.78, 5) is 23.7. The van der Waals surface area contributed by atoms with Gasteiger partial charge in [-0.3, -0.25) is 14.9 Å². The van der Waals surface area contributed by atoms with Crippen molar-refractivity contribution in [2.75, 3.05) is 13.1 Å². The molecule has 8 heteroatoms. The molecule has 5 nitrogen and oxygen atoms in total. The highest BCUT2D eigenvalue weighted by molar-refractivity contribution is 6.21. The number of nitro benzene ring substituents is 1. The molecule has 1 aliphatic heterocycles. The third-order valence-corrected chi connectivity index (χ3v) is 4.19. The number of rotatable bonds is 2. The van der Waals surface area contributed by atoms with Crippen molar-refractivity contribution in [1.29, 1.82) is 0 Å². The van der Waals surface area contributed by atoms with Crippen molar-refractivity contribution in [3.63, 3.8) is 0 Å². The van der Waals surface area contributed by atoms with Crippen LogP contribution in [-0.2, 0) is 0 Å². The van der Waals surface area contributed by atoms with Gasteiger partial charge in [0.2, 0.25) is 0 Å². The topological polar surface area (TPSA) is 63.5 Å². The van der Waals surface area contributed by atoms with E-state index in [1.165, 1.54) is 4.90 Å². The average Bonchev–Trinajstić information content (AvgIpc) is 2.43. The van der Waals surface area contributed by atoms with Gasteiger partial charge in [-0.1, -0.05) is 6.92 Å². The van der Waals surface area contributed by atoms with E-state index in [-0.39, 0.29) is 17.8 Å². The van der Waals surface area contributed by atoms with E-state index in [1.807, 2.05) is 6.92 Å². The number of hydrogen-bond acceptors (Lipinski definition) is 3. The zero-order chi connectivity index (χ0) is 15.7. The summed E-state index contributed by atoms with van der Waals surface area (Å²) >= 11 is 6.09. The van der Waals surface area contributed by atoms with Gasteiger partial charge in [0.1, 0.15) is 5.56 Å². The first-order valence-electron chi connectivity index (χ1n) is 6.38. The van der Waals surface area contributed by atoms with Crippen LogP contribution in [0.4, 0.5) is 14.5 Å². The molecule has 0 aliphatic carbocycles. The molecule has 1 amide bonds. The molecule has 1 aromatic rings. The lowest BCUT2D eigenvalue weighted by atomic mass is 9.98. The summed E-state index contributed by atoms with van der Waals surface area (Å²) in [5.41, 5.74) is -1.21. The van der Waals surface area contributed by atoms with Crippen molar-refractivity contribution in [2.45, 2.75) is 18.7 Å². The quantitative estimate of drug-likeness (QED) is 0.478. The van der Waals surface area contributed by atoms with Crippen molar-refractivity contribution in [3.8, 4) is 0 Å². The highest BCUT2D eigenvalue weighted by atomic mass is 35.5. The van der Waals surface area contributed by atoms with Gasteiger partial charge in [-0.05, 0) is 18.4 Å². The lowest BCUT2D eigenvalue weighted by molar-refractivity contribution is -0.385. The predicted octanol–water partition coefficient (Wildman–Crippen LogP) is 2.96. The third-order valence-electron chi connectivity index (χ3n) is 3.62. The van der Waals surface area contributed by atoms with Crippen LogP contribution in [0.25, 0.3) is 0 Å². The fourth-order valence-electron chi connectivity index (χ4n) is 2.24. The van der Waals surface area contributed by atoms with E-state index in [0.717, 1.165) is 0 Å². The van der Waals surface area contributed by atoms with Crippen LogP contribution >= 0.6 is 11.6 Å². The number of hydrogen-bond donors (Lipinski definition) is 0. The molecule has 1 heterocycles. The van der Waals surface area contributed by atoms with Gasteiger partial charge in [-0.2, -0.15) is 0 Å². The smallest absolute Gasteiger partial charge is 0.285 e. The highest BCUT2D eigenvalue weighted by Gasteiger charge is 2.32. The van der Waals surface area contributed by atoms with E-state index in [1.54, 1.807) is 0 Å². The van der Waals surface area contributed by atoms with Gasteiger partial charge >= 0.3 is 0 Å². The molecule has 0 N–H and O–H groups in total. The molecule has 0 saturated carbocycles. The highest BCUT2D eigenvalue weighted by Crippen LogP contribution is 2.27. The number of benzene rings is 1. The Morgan fingerprint density at radius 2 is 2.05 bits per heavy atom. The number of carbonyl (C=O) groups excluding carboxylic acids is 1. The number of alkyl halides is 1. The maximum Gasteiger partial charge on any atom is 0.285 e. The summed E-state index contributed by atoms with van der Waals surface area (Å²) in [6, 6.07) is 0.990. The number of likely N-dealkylation sites (tertiary alicyclic amines) is 1. The molecule has 0 aromatic heterocycles. The molecule has 2 atom stereocenters. The Balaban J connectivity index is 2.35. The number of nitrogens with zero attached hydrogens (tertiary/aromatic N) is 2. The Hall–Kier alpha value is -1.76. The first kappa shape index (κ1) is 15.6. The van der Waals surface area contributed by atoms with Crippen LogP contribution < -0.4 is 0 Å². The van der Waals surface area contributed by atoms with Gasteiger partial charge in [-0.25, -0.2) is 8.78 Å². The predicted molar refractivity (Wildman–Crippen MR) is 72.3 cm³/mol. The van der Waals surface area contributed by atoms with Crippen molar-refractivity contribution >= 4 is 23.2 Å². The molecule has 1 aliphatic rings. The molecule has 1 aromatic carbocycles. The van der Waals surface area contributed by atoms with Gasteiger partial charge < -0.3 is 4.90 Å². The van der Waals surface area contributed by atoms with Crippen molar-refractivity contribution in [1.82, 2.24) is 4.90 Å². The Morgan fingerprint density at radius 1 is 1.43 bits per heavy atom.